The second-order valence-electron chi connectivity index (χ2n) is 7.15. The van der Waals surface area contributed by atoms with E-state index in [2.05, 4.69) is 18.9 Å². The summed E-state index contributed by atoms with van der Waals surface area (Å²) < 4.78 is 0. The number of nitrogens with zero attached hydrogens (tertiary/aromatic N) is 1. The van der Waals surface area contributed by atoms with Crippen LogP contribution in [0.4, 0.5) is 0 Å². The van der Waals surface area contributed by atoms with Gasteiger partial charge in [0.1, 0.15) is 0 Å². The van der Waals surface area contributed by atoms with Crippen molar-refractivity contribution in [2.24, 2.45) is 11.8 Å². The SMILES string of the molecule is CCCC1CCC(O)C(CN(C)C2CCCCC2O)C1. The molecule has 2 rings (SSSR count). The smallest absolute Gasteiger partial charge is 0.0695 e. The monoisotopic (exact) mass is 283 g/mol. The van der Waals surface area contributed by atoms with Gasteiger partial charge in [-0.3, -0.25) is 0 Å². The summed E-state index contributed by atoms with van der Waals surface area (Å²) in [5.74, 6) is 1.21. The molecule has 0 heterocycles. The first-order valence-corrected chi connectivity index (χ1v) is 8.68. The zero-order valence-electron chi connectivity index (χ0n) is 13.3. The fourth-order valence-electron chi connectivity index (χ4n) is 4.32. The number of rotatable bonds is 5. The van der Waals surface area contributed by atoms with Crippen LogP contribution in [0.2, 0.25) is 0 Å². The molecule has 2 aliphatic carbocycles. The fourth-order valence-corrected chi connectivity index (χ4v) is 4.32. The number of aliphatic hydroxyl groups is 2. The number of hydrogen-bond acceptors (Lipinski definition) is 3. The zero-order valence-corrected chi connectivity index (χ0v) is 13.3. The first-order valence-electron chi connectivity index (χ1n) is 8.68. The quantitative estimate of drug-likeness (QED) is 0.815. The van der Waals surface area contributed by atoms with E-state index in [1.54, 1.807) is 0 Å². The number of aliphatic hydroxyl groups excluding tert-OH is 2. The Kier molecular flexibility index (Phi) is 6.31. The summed E-state index contributed by atoms with van der Waals surface area (Å²) in [6.07, 6.45) is 10.0. The van der Waals surface area contributed by atoms with E-state index in [4.69, 9.17) is 0 Å². The molecule has 118 valence electrons. The molecule has 0 spiro atoms. The molecule has 0 bridgehead atoms. The molecule has 2 aliphatic rings. The number of likely N-dealkylation sites (N-methyl/N-ethyl adjacent to an activating group) is 1. The van der Waals surface area contributed by atoms with Crippen LogP contribution in [0.1, 0.15) is 64.7 Å². The molecule has 0 radical (unpaired) electrons. The van der Waals surface area contributed by atoms with Crippen LogP contribution in [0.15, 0.2) is 0 Å². The van der Waals surface area contributed by atoms with Gasteiger partial charge in [0, 0.05) is 12.6 Å². The van der Waals surface area contributed by atoms with Crippen LogP contribution in [0.25, 0.3) is 0 Å². The molecule has 2 saturated carbocycles. The zero-order chi connectivity index (χ0) is 14.5. The molecule has 3 nitrogen and oxygen atoms in total. The highest BCUT2D eigenvalue weighted by molar-refractivity contribution is 4.86. The maximum Gasteiger partial charge on any atom is 0.0695 e. The maximum atomic E-state index is 10.3. The average Bonchev–Trinajstić information content (AvgIpc) is 2.43. The summed E-state index contributed by atoms with van der Waals surface area (Å²) in [7, 11) is 2.13. The third-order valence-corrected chi connectivity index (χ3v) is 5.53. The van der Waals surface area contributed by atoms with Gasteiger partial charge < -0.3 is 15.1 Å². The first-order chi connectivity index (χ1) is 9.61. The standard InChI is InChI=1S/C17H33NO2/c1-3-6-13-9-10-16(19)14(11-13)12-18(2)15-7-4-5-8-17(15)20/h13-17,19-20H,3-12H2,1-2H3. The Hall–Kier alpha value is -0.120. The summed E-state index contributed by atoms with van der Waals surface area (Å²) in [6, 6.07) is 0.308. The lowest BCUT2D eigenvalue weighted by atomic mass is 9.77. The lowest BCUT2D eigenvalue weighted by molar-refractivity contribution is -0.01000. The maximum absolute atomic E-state index is 10.3. The molecule has 5 unspecified atom stereocenters. The van der Waals surface area contributed by atoms with Gasteiger partial charge in [-0.25, -0.2) is 0 Å². The highest BCUT2D eigenvalue weighted by atomic mass is 16.3. The molecule has 0 aliphatic heterocycles. The van der Waals surface area contributed by atoms with E-state index in [0.29, 0.717) is 12.0 Å². The molecule has 5 atom stereocenters. The Balaban J connectivity index is 1.86. The third-order valence-electron chi connectivity index (χ3n) is 5.53. The van der Waals surface area contributed by atoms with E-state index in [1.165, 1.54) is 32.1 Å². The second-order valence-corrected chi connectivity index (χ2v) is 7.15. The molecule has 2 fully saturated rings. The highest BCUT2D eigenvalue weighted by Crippen LogP contribution is 2.33. The van der Waals surface area contributed by atoms with Crippen LogP contribution < -0.4 is 0 Å². The minimum atomic E-state index is -0.166. The van der Waals surface area contributed by atoms with Gasteiger partial charge >= 0.3 is 0 Å². The third kappa shape index (κ3) is 4.19. The van der Waals surface area contributed by atoms with Crippen molar-refractivity contribution in [3.05, 3.63) is 0 Å². The minimum Gasteiger partial charge on any atom is -0.393 e. The molecule has 20 heavy (non-hydrogen) atoms. The van der Waals surface area contributed by atoms with E-state index in [9.17, 15) is 10.2 Å². The molecule has 2 N–H and O–H groups in total. The van der Waals surface area contributed by atoms with Crippen LogP contribution in [0.3, 0.4) is 0 Å². The van der Waals surface area contributed by atoms with Gasteiger partial charge in [0.2, 0.25) is 0 Å². The van der Waals surface area contributed by atoms with Gasteiger partial charge in [-0.05, 0) is 51.0 Å². The van der Waals surface area contributed by atoms with Gasteiger partial charge in [-0.15, -0.1) is 0 Å². The van der Waals surface area contributed by atoms with Crippen molar-refractivity contribution in [1.29, 1.82) is 0 Å². The van der Waals surface area contributed by atoms with Crippen molar-refractivity contribution in [3.63, 3.8) is 0 Å². The van der Waals surface area contributed by atoms with Crippen molar-refractivity contribution < 1.29 is 10.2 Å². The van der Waals surface area contributed by atoms with Gasteiger partial charge in [0.05, 0.1) is 12.2 Å². The Labute approximate surface area is 124 Å². The summed E-state index contributed by atoms with van der Waals surface area (Å²) in [5, 5.41) is 20.4. The fraction of sp³-hybridized carbons (Fsp3) is 1.00. The topological polar surface area (TPSA) is 43.7 Å². The molecule has 0 aromatic carbocycles. The summed E-state index contributed by atoms with van der Waals surface area (Å²) >= 11 is 0. The van der Waals surface area contributed by atoms with Crippen LogP contribution in [0, 0.1) is 11.8 Å². The predicted octanol–water partition coefficient (Wildman–Crippen LogP) is 2.80. The normalized spacial score (nSPS) is 39.1. The van der Waals surface area contributed by atoms with Crippen molar-refractivity contribution in [1.82, 2.24) is 4.90 Å². The summed E-state index contributed by atoms with van der Waals surface area (Å²) in [5.41, 5.74) is 0. The second kappa shape index (κ2) is 7.77. The predicted molar refractivity (Wildman–Crippen MR) is 82.6 cm³/mol. The Morgan fingerprint density at radius 2 is 1.75 bits per heavy atom. The Morgan fingerprint density at radius 1 is 1.00 bits per heavy atom. The summed E-state index contributed by atoms with van der Waals surface area (Å²) in [6.45, 7) is 3.20. The molecule has 0 aromatic heterocycles. The van der Waals surface area contributed by atoms with Gasteiger partial charge in [-0.1, -0.05) is 32.6 Å². The van der Waals surface area contributed by atoms with E-state index in [-0.39, 0.29) is 12.2 Å². The largest absolute Gasteiger partial charge is 0.393 e. The van der Waals surface area contributed by atoms with E-state index < -0.39 is 0 Å². The van der Waals surface area contributed by atoms with Crippen molar-refractivity contribution >= 4 is 0 Å². The van der Waals surface area contributed by atoms with Crippen LogP contribution in [-0.2, 0) is 0 Å². The lowest BCUT2D eigenvalue weighted by Gasteiger charge is -2.40. The summed E-state index contributed by atoms with van der Waals surface area (Å²) in [4.78, 5) is 2.33. The van der Waals surface area contributed by atoms with Gasteiger partial charge in [0.15, 0.2) is 0 Å². The minimum absolute atomic E-state index is 0.133. The van der Waals surface area contributed by atoms with E-state index in [1.807, 2.05) is 0 Å². The van der Waals surface area contributed by atoms with Gasteiger partial charge in [0.25, 0.3) is 0 Å². The Bertz CT molecular complexity index is 284. The lowest BCUT2D eigenvalue weighted by Crippen LogP contribution is -2.47. The van der Waals surface area contributed by atoms with Crippen molar-refractivity contribution in [2.75, 3.05) is 13.6 Å². The first kappa shape index (κ1) is 16.3. The molecule has 0 aromatic rings. The van der Waals surface area contributed by atoms with E-state index in [0.717, 1.165) is 38.1 Å². The molecule has 0 saturated heterocycles. The average molecular weight is 283 g/mol. The molecular formula is C17H33NO2. The number of hydrogen-bond donors (Lipinski definition) is 2. The van der Waals surface area contributed by atoms with Crippen LogP contribution >= 0.6 is 0 Å². The van der Waals surface area contributed by atoms with E-state index >= 15 is 0 Å². The van der Waals surface area contributed by atoms with Crippen molar-refractivity contribution in [3.8, 4) is 0 Å². The molecular weight excluding hydrogens is 250 g/mol. The molecule has 3 heteroatoms. The van der Waals surface area contributed by atoms with Crippen molar-refractivity contribution in [2.45, 2.75) is 83.0 Å². The van der Waals surface area contributed by atoms with Crippen LogP contribution in [-0.4, -0.2) is 47.0 Å². The van der Waals surface area contributed by atoms with Gasteiger partial charge in [-0.2, -0.15) is 0 Å². The molecule has 0 amide bonds. The van der Waals surface area contributed by atoms with Crippen LogP contribution in [0.5, 0.6) is 0 Å². The highest BCUT2D eigenvalue weighted by Gasteiger charge is 2.33. The Morgan fingerprint density at radius 3 is 2.45 bits per heavy atom.